The first kappa shape index (κ1) is 21.3. The number of carbonyl (C=O) groups is 1. The molecule has 0 aliphatic heterocycles. The van der Waals surface area contributed by atoms with Gasteiger partial charge in [0, 0.05) is 28.8 Å². The van der Waals surface area contributed by atoms with Gasteiger partial charge in [0.1, 0.15) is 0 Å². The third kappa shape index (κ3) is 4.79. The van der Waals surface area contributed by atoms with Gasteiger partial charge in [-0.2, -0.15) is 0 Å². The maximum absolute atomic E-state index is 13.4. The molecule has 0 fully saturated rings. The maximum Gasteiger partial charge on any atom is 0.195 e. The average molecular weight is 392 g/mol. The average Bonchev–Trinajstić information content (AvgIpc) is 3.05. The highest BCUT2D eigenvalue weighted by molar-refractivity contribution is 6.17. The molecule has 0 aliphatic rings. The standard InChI is InChI=1S/C26H33NO2/c1-4-6-7-11-16-22(19-29-5-2)27-20(3)25(23-17-12-13-18-24(23)27)26(28)21-14-9-8-10-15-21/h8-10,12-15,17-18,22H,4-7,11,16,19H2,1-3H3. The number of ether oxygens (including phenoxy) is 1. The van der Waals surface area contributed by atoms with E-state index in [1.807, 2.05) is 43.3 Å². The molecule has 1 heterocycles. The molecule has 1 unspecified atom stereocenters. The van der Waals surface area contributed by atoms with Gasteiger partial charge in [0.15, 0.2) is 5.78 Å². The largest absolute Gasteiger partial charge is 0.380 e. The molecule has 0 radical (unpaired) electrons. The van der Waals surface area contributed by atoms with Crippen LogP contribution in [0.3, 0.4) is 0 Å². The molecule has 3 heteroatoms. The van der Waals surface area contributed by atoms with Crippen molar-refractivity contribution < 1.29 is 9.53 Å². The molecule has 29 heavy (non-hydrogen) atoms. The second kappa shape index (κ2) is 10.4. The number of fused-ring (bicyclic) bond motifs is 1. The molecule has 0 spiro atoms. The van der Waals surface area contributed by atoms with Crippen LogP contribution in [0.2, 0.25) is 0 Å². The first-order chi connectivity index (χ1) is 14.2. The van der Waals surface area contributed by atoms with Crippen molar-refractivity contribution in [1.82, 2.24) is 4.57 Å². The third-order valence-corrected chi connectivity index (χ3v) is 5.69. The molecule has 154 valence electrons. The number of rotatable bonds is 11. The molecule has 0 saturated carbocycles. The van der Waals surface area contributed by atoms with E-state index in [4.69, 9.17) is 4.74 Å². The zero-order valence-electron chi connectivity index (χ0n) is 18.0. The van der Waals surface area contributed by atoms with Crippen molar-refractivity contribution in [3.8, 4) is 0 Å². The van der Waals surface area contributed by atoms with E-state index in [1.165, 1.54) is 25.7 Å². The van der Waals surface area contributed by atoms with Gasteiger partial charge in [-0.3, -0.25) is 4.79 Å². The van der Waals surface area contributed by atoms with E-state index in [1.54, 1.807) is 0 Å². The summed E-state index contributed by atoms with van der Waals surface area (Å²) in [4.78, 5) is 13.4. The quantitative estimate of drug-likeness (QED) is 0.268. The van der Waals surface area contributed by atoms with Crippen LogP contribution in [0.1, 0.15) is 73.6 Å². The first-order valence-corrected chi connectivity index (χ1v) is 11.0. The van der Waals surface area contributed by atoms with E-state index in [0.717, 1.165) is 34.1 Å². The predicted octanol–water partition coefficient (Wildman–Crippen LogP) is 6.73. The summed E-state index contributed by atoms with van der Waals surface area (Å²) >= 11 is 0. The molecular weight excluding hydrogens is 358 g/mol. The Balaban J connectivity index is 2.04. The lowest BCUT2D eigenvalue weighted by atomic mass is 10.0. The van der Waals surface area contributed by atoms with Crippen LogP contribution in [0.5, 0.6) is 0 Å². The summed E-state index contributed by atoms with van der Waals surface area (Å²) in [6.45, 7) is 7.75. The van der Waals surface area contributed by atoms with Gasteiger partial charge in [-0.25, -0.2) is 0 Å². The van der Waals surface area contributed by atoms with Crippen LogP contribution < -0.4 is 0 Å². The van der Waals surface area contributed by atoms with Crippen molar-refractivity contribution in [2.75, 3.05) is 13.2 Å². The fourth-order valence-corrected chi connectivity index (χ4v) is 4.23. The lowest BCUT2D eigenvalue weighted by molar-refractivity contribution is 0.103. The van der Waals surface area contributed by atoms with Gasteiger partial charge in [0.25, 0.3) is 0 Å². The maximum atomic E-state index is 13.4. The second-order valence-electron chi connectivity index (χ2n) is 7.71. The van der Waals surface area contributed by atoms with Crippen molar-refractivity contribution in [2.45, 2.75) is 58.9 Å². The Morgan fingerprint density at radius 2 is 1.69 bits per heavy atom. The highest BCUT2D eigenvalue weighted by atomic mass is 16.5. The molecule has 1 aromatic heterocycles. The Morgan fingerprint density at radius 3 is 2.41 bits per heavy atom. The SMILES string of the molecule is CCCCCCC(COCC)n1c(C)c(C(=O)c2ccccc2)c2ccccc21. The predicted molar refractivity (Wildman–Crippen MR) is 121 cm³/mol. The summed E-state index contributed by atoms with van der Waals surface area (Å²) in [5.74, 6) is 0.0965. The van der Waals surface area contributed by atoms with Crippen LogP contribution in [0, 0.1) is 6.92 Å². The number of ketones is 1. The minimum Gasteiger partial charge on any atom is -0.380 e. The van der Waals surface area contributed by atoms with Crippen LogP contribution in [0.4, 0.5) is 0 Å². The Morgan fingerprint density at radius 1 is 0.966 bits per heavy atom. The Kier molecular flexibility index (Phi) is 7.65. The number of hydrogen-bond donors (Lipinski definition) is 0. The van der Waals surface area contributed by atoms with Crippen LogP contribution in [-0.2, 0) is 4.74 Å². The first-order valence-electron chi connectivity index (χ1n) is 11.0. The number of carbonyl (C=O) groups excluding carboxylic acids is 1. The smallest absolute Gasteiger partial charge is 0.195 e. The van der Waals surface area contributed by atoms with Crippen molar-refractivity contribution in [2.24, 2.45) is 0 Å². The van der Waals surface area contributed by atoms with Gasteiger partial charge >= 0.3 is 0 Å². The van der Waals surface area contributed by atoms with E-state index in [9.17, 15) is 4.79 Å². The molecular formula is C26H33NO2. The number of hydrogen-bond acceptors (Lipinski definition) is 2. The summed E-state index contributed by atoms with van der Waals surface area (Å²) in [6.07, 6.45) is 5.99. The Labute approximate surface area is 174 Å². The molecule has 1 atom stereocenters. The monoisotopic (exact) mass is 391 g/mol. The van der Waals surface area contributed by atoms with Gasteiger partial charge in [0.05, 0.1) is 18.2 Å². The summed E-state index contributed by atoms with van der Waals surface area (Å²) in [5, 5.41) is 1.04. The molecule has 0 aliphatic carbocycles. The summed E-state index contributed by atoms with van der Waals surface area (Å²) in [5.41, 5.74) is 3.73. The van der Waals surface area contributed by atoms with Crippen molar-refractivity contribution >= 4 is 16.7 Å². The summed E-state index contributed by atoms with van der Waals surface area (Å²) < 4.78 is 8.21. The Hall–Kier alpha value is -2.39. The highest BCUT2D eigenvalue weighted by Crippen LogP contribution is 2.33. The van der Waals surface area contributed by atoms with E-state index in [-0.39, 0.29) is 11.8 Å². The third-order valence-electron chi connectivity index (χ3n) is 5.69. The van der Waals surface area contributed by atoms with Crippen molar-refractivity contribution in [3.63, 3.8) is 0 Å². The lowest BCUT2D eigenvalue weighted by Crippen LogP contribution is -2.17. The second-order valence-corrected chi connectivity index (χ2v) is 7.71. The molecule has 3 rings (SSSR count). The minimum atomic E-state index is 0.0965. The highest BCUT2D eigenvalue weighted by Gasteiger charge is 2.24. The molecule has 0 N–H and O–H groups in total. The van der Waals surface area contributed by atoms with Crippen LogP contribution >= 0.6 is 0 Å². The fourth-order valence-electron chi connectivity index (χ4n) is 4.23. The van der Waals surface area contributed by atoms with Crippen LogP contribution in [0.25, 0.3) is 10.9 Å². The molecule has 3 nitrogen and oxygen atoms in total. The van der Waals surface area contributed by atoms with E-state index in [2.05, 4.69) is 36.6 Å². The number of aromatic nitrogens is 1. The molecule has 0 bridgehead atoms. The number of unbranched alkanes of at least 4 members (excludes halogenated alkanes) is 3. The van der Waals surface area contributed by atoms with E-state index >= 15 is 0 Å². The molecule has 0 amide bonds. The zero-order chi connectivity index (χ0) is 20.6. The summed E-state index contributed by atoms with van der Waals surface area (Å²) in [7, 11) is 0. The van der Waals surface area contributed by atoms with Crippen LogP contribution in [-0.4, -0.2) is 23.6 Å². The number of nitrogens with zero attached hydrogens (tertiary/aromatic N) is 1. The van der Waals surface area contributed by atoms with Gasteiger partial charge in [0.2, 0.25) is 0 Å². The molecule has 0 saturated heterocycles. The fraction of sp³-hybridized carbons (Fsp3) is 0.423. The van der Waals surface area contributed by atoms with Gasteiger partial charge < -0.3 is 9.30 Å². The van der Waals surface area contributed by atoms with Crippen molar-refractivity contribution in [1.29, 1.82) is 0 Å². The normalized spacial score (nSPS) is 12.4. The topological polar surface area (TPSA) is 31.2 Å². The van der Waals surface area contributed by atoms with Gasteiger partial charge in [-0.1, -0.05) is 81.1 Å². The summed E-state index contributed by atoms with van der Waals surface area (Å²) in [6, 6.07) is 18.1. The minimum absolute atomic E-state index is 0.0965. The molecule has 3 aromatic rings. The van der Waals surface area contributed by atoms with Gasteiger partial charge in [-0.05, 0) is 26.3 Å². The molecule has 2 aromatic carbocycles. The van der Waals surface area contributed by atoms with Crippen LogP contribution in [0.15, 0.2) is 54.6 Å². The zero-order valence-corrected chi connectivity index (χ0v) is 18.0. The van der Waals surface area contributed by atoms with Gasteiger partial charge in [-0.15, -0.1) is 0 Å². The van der Waals surface area contributed by atoms with E-state index < -0.39 is 0 Å². The van der Waals surface area contributed by atoms with Crippen molar-refractivity contribution in [3.05, 3.63) is 71.4 Å². The Bertz CT molecular complexity index is 927. The lowest BCUT2D eigenvalue weighted by Gasteiger charge is -2.22. The van der Waals surface area contributed by atoms with E-state index in [0.29, 0.717) is 13.2 Å². The number of benzene rings is 2. The number of para-hydroxylation sites is 1.